The molecule has 10 heavy (non-hydrogen) atoms. The van der Waals surface area contributed by atoms with Crippen molar-refractivity contribution >= 4 is 0 Å². The van der Waals surface area contributed by atoms with Crippen molar-refractivity contribution in [3.63, 3.8) is 0 Å². The summed E-state index contributed by atoms with van der Waals surface area (Å²) in [6.45, 7) is 0.533. The van der Waals surface area contributed by atoms with Crippen molar-refractivity contribution in [2.24, 2.45) is 5.73 Å². The van der Waals surface area contributed by atoms with Gasteiger partial charge in [-0.15, -0.1) is 0 Å². The van der Waals surface area contributed by atoms with Crippen LogP contribution < -0.4 is 5.73 Å². The molecule has 1 aromatic rings. The third-order valence-electron chi connectivity index (χ3n) is 1.19. The maximum atomic E-state index is 12.4. The van der Waals surface area contributed by atoms with Gasteiger partial charge >= 0.3 is 0 Å². The second kappa shape index (κ2) is 3.27. The Morgan fingerprint density at radius 3 is 2.90 bits per heavy atom. The van der Waals surface area contributed by atoms with Gasteiger partial charge in [-0.05, 0) is 24.6 Å². The Bertz CT molecular complexity index is 213. The summed E-state index contributed by atoms with van der Waals surface area (Å²) in [5.74, 6) is -0.300. The summed E-state index contributed by atoms with van der Waals surface area (Å²) in [6.07, 6.45) is 3.49. The molecule has 0 atom stereocenters. The minimum Gasteiger partial charge on any atom is -0.330 e. The zero-order chi connectivity index (χ0) is 7.40. The first-order valence-corrected chi connectivity index (χ1v) is 3.12. The Morgan fingerprint density at radius 1 is 1.50 bits per heavy atom. The SMILES string of the molecule is NCCc1cncc(F)c1. The highest BCUT2D eigenvalue weighted by Gasteiger charge is 1.92. The molecule has 3 heteroatoms. The molecule has 0 bridgehead atoms. The second-order valence-corrected chi connectivity index (χ2v) is 2.05. The van der Waals surface area contributed by atoms with E-state index >= 15 is 0 Å². The molecule has 0 aliphatic rings. The van der Waals surface area contributed by atoms with Crippen LogP contribution in [0.25, 0.3) is 0 Å². The van der Waals surface area contributed by atoms with Crippen LogP contribution in [0.4, 0.5) is 4.39 Å². The summed E-state index contributed by atoms with van der Waals surface area (Å²) < 4.78 is 12.4. The predicted octanol–water partition coefficient (Wildman–Crippen LogP) is 0.722. The first-order chi connectivity index (χ1) is 4.83. The van der Waals surface area contributed by atoms with Crippen LogP contribution in [0, 0.1) is 5.82 Å². The highest BCUT2D eigenvalue weighted by Crippen LogP contribution is 1.99. The molecule has 0 unspecified atom stereocenters. The standard InChI is InChI=1S/C7H9FN2/c8-7-3-6(1-2-9)4-10-5-7/h3-5H,1-2,9H2. The topological polar surface area (TPSA) is 38.9 Å². The van der Waals surface area contributed by atoms with E-state index in [1.54, 1.807) is 6.20 Å². The molecule has 0 spiro atoms. The number of hydrogen-bond donors (Lipinski definition) is 1. The number of aromatic nitrogens is 1. The van der Waals surface area contributed by atoms with E-state index in [-0.39, 0.29) is 5.82 Å². The molecule has 0 saturated heterocycles. The van der Waals surface area contributed by atoms with Gasteiger partial charge in [-0.2, -0.15) is 0 Å². The highest BCUT2D eigenvalue weighted by molar-refractivity contribution is 5.10. The number of pyridine rings is 1. The third kappa shape index (κ3) is 1.77. The van der Waals surface area contributed by atoms with Gasteiger partial charge in [-0.1, -0.05) is 0 Å². The molecule has 0 aromatic carbocycles. The van der Waals surface area contributed by atoms with Crippen molar-refractivity contribution in [1.82, 2.24) is 4.98 Å². The van der Waals surface area contributed by atoms with Gasteiger partial charge in [-0.25, -0.2) is 4.39 Å². The molecule has 2 N–H and O–H groups in total. The Labute approximate surface area is 58.9 Å². The monoisotopic (exact) mass is 140 g/mol. The first kappa shape index (κ1) is 7.15. The van der Waals surface area contributed by atoms with E-state index in [9.17, 15) is 4.39 Å². The average molecular weight is 140 g/mol. The summed E-state index contributed by atoms with van der Waals surface area (Å²) in [5, 5.41) is 0. The maximum Gasteiger partial charge on any atom is 0.141 e. The van der Waals surface area contributed by atoms with E-state index < -0.39 is 0 Å². The lowest BCUT2D eigenvalue weighted by molar-refractivity contribution is 0.618. The minimum absolute atomic E-state index is 0.300. The van der Waals surface area contributed by atoms with E-state index in [2.05, 4.69) is 4.98 Å². The zero-order valence-electron chi connectivity index (χ0n) is 5.55. The first-order valence-electron chi connectivity index (χ1n) is 3.12. The van der Waals surface area contributed by atoms with Crippen LogP contribution in [-0.2, 0) is 6.42 Å². The summed E-state index contributed by atoms with van der Waals surface area (Å²) in [4.78, 5) is 3.67. The van der Waals surface area contributed by atoms with E-state index in [4.69, 9.17) is 5.73 Å². The van der Waals surface area contributed by atoms with Crippen molar-refractivity contribution in [1.29, 1.82) is 0 Å². The lowest BCUT2D eigenvalue weighted by Crippen LogP contribution is -2.03. The largest absolute Gasteiger partial charge is 0.330 e. The van der Waals surface area contributed by atoms with Crippen molar-refractivity contribution in [3.8, 4) is 0 Å². The van der Waals surface area contributed by atoms with Crippen LogP contribution in [0.2, 0.25) is 0 Å². The average Bonchev–Trinajstić information content (AvgIpc) is 1.88. The number of hydrogen-bond acceptors (Lipinski definition) is 2. The van der Waals surface area contributed by atoms with Gasteiger partial charge < -0.3 is 5.73 Å². The van der Waals surface area contributed by atoms with Crippen LogP contribution >= 0.6 is 0 Å². The molecule has 1 heterocycles. The number of nitrogens with zero attached hydrogens (tertiary/aromatic N) is 1. The fourth-order valence-electron chi connectivity index (χ4n) is 0.759. The zero-order valence-corrected chi connectivity index (χ0v) is 5.55. The predicted molar refractivity (Wildman–Crippen MR) is 37.0 cm³/mol. The lowest BCUT2D eigenvalue weighted by Gasteiger charge is -1.95. The maximum absolute atomic E-state index is 12.4. The fourth-order valence-corrected chi connectivity index (χ4v) is 0.759. The number of halogens is 1. The summed E-state index contributed by atoms with van der Waals surface area (Å²) in [6, 6.07) is 1.44. The Balaban J connectivity index is 2.75. The van der Waals surface area contributed by atoms with E-state index in [1.807, 2.05) is 0 Å². The second-order valence-electron chi connectivity index (χ2n) is 2.05. The summed E-state index contributed by atoms with van der Waals surface area (Å²) >= 11 is 0. The molecule has 54 valence electrons. The van der Waals surface area contributed by atoms with Gasteiger partial charge in [0.05, 0.1) is 6.20 Å². The van der Waals surface area contributed by atoms with Crippen molar-refractivity contribution < 1.29 is 4.39 Å². The molecule has 0 fully saturated rings. The minimum atomic E-state index is -0.300. The van der Waals surface area contributed by atoms with Crippen LogP contribution in [-0.4, -0.2) is 11.5 Å². The summed E-state index contributed by atoms with van der Waals surface area (Å²) in [7, 11) is 0. The molecule has 0 aliphatic carbocycles. The molecule has 0 radical (unpaired) electrons. The molecular weight excluding hydrogens is 131 g/mol. The van der Waals surface area contributed by atoms with Crippen molar-refractivity contribution in [2.45, 2.75) is 6.42 Å². The van der Waals surface area contributed by atoms with Crippen molar-refractivity contribution in [2.75, 3.05) is 6.54 Å². The molecule has 0 amide bonds. The normalized spacial score (nSPS) is 9.80. The van der Waals surface area contributed by atoms with E-state index in [0.717, 1.165) is 5.56 Å². The summed E-state index contributed by atoms with van der Waals surface area (Å²) in [5.41, 5.74) is 6.11. The van der Waals surface area contributed by atoms with Gasteiger partial charge in [0.1, 0.15) is 5.82 Å². The van der Waals surface area contributed by atoms with Crippen molar-refractivity contribution in [3.05, 3.63) is 29.8 Å². The molecule has 0 saturated carbocycles. The van der Waals surface area contributed by atoms with Crippen LogP contribution in [0.15, 0.2) is 18.5 Å². The molecular formula is C7H9FN2. The van der Waals surface area contributed by atoms with Crippen LogP contribution in [0.1, 0.15) is 5.56 Å². The van der Waals surface area contributed by atoms with Crippen LogP contribution in [0.3, 0.4) is 0 Å². The fraction of sp³-hybridized carbons (Fsp3) is 0.286. The quantitative estimate of drug-likeness (QED) is 0.657. The Hall–Kier alpha value is -0.960. The highest BCUT2D eigenvalue weighted by atomic mass is 19.1. The van der Waals surface area contributed by atoms with Gasteiger partial charge in [0, 0.05) is 6.20 Å². The van der Waals surface area contributed by atoms with E-state index in [1.165, 1.54) is 12.3 Å². The lowest BCUT2D eigenvalue weighted by atomic mass is 10.2. The Morgan fingerprint density at radius 2 is 2.30 bits per heavy atom. The van der Waals surface area contributed by atoms with Gasteiger partial charge in [0.15, 0.2) is 0 Å². The Kier molecular flexibility index (Phi) is 2.34. The van der Waals surface area contributed by atoms with Crippen LogP contribution in [0.5, 0.6) is 0 Å². The smallest absolute Gasteiger partial charge is 0.141 e. The number of nitrogens with two attached hydrogens (primary N) is 1. The number of rotatable bonds is 2. The van der Waals surface area contributed by atoms with Gasteiger partial charge in [-0.3, -0.25) is 4.98 Å². The molecule has 1 aromatic heterocycles. The molecule has 2 nitrogen and oxygen atoms in total. The van der Waals surface area contributed by atoms with Gasteiger partial charge in [0.25, 0.3) is 0 Å². The van der Waals surface area contributed by atoms with E-state index in [0.29, 0.717) is 13.0 Å². The molecule has 1 rings (SSSR count). The molecule has 0 aliphatic heterocycles. The third-order valence-corrected chi connectivity index (χ3v) is 1.19. The van der Waals surface area contributed by atoms with Gasteiger partial charge in [0.2, 0.25) is 0 Å².